The van der Waals surface area contributed by atoms with Gasteiger partial charge in [0.15, 0.2) is 0 Å². The smallest absolute Gasteiger partial charge is 0.266 e. The molecule has 1 aromatic heterocycles. The van der Waals surface area contributed by atoms with Gasteiger partial charge >= 0.3 is 0 Å². The van der Waals surface area contributed by atoms with E-state index >= 15 is 0 Å². The Labute approximate surface area is 151 Å². The number of fused-ring (bicyclic) bond motifs is 1. The molecule has 2 saturated heterocycles. The number of aromatic nitrogens is 1. The van der Waals surface area contributed by atoms with Crippen LogP contribution < -0.4 is 5.56 Å². The number of hydrogen-bond acceptors (Lipinski definition) is 4. The molecule has 3 heterocycles. The number of hydrogen-bond donors (Lipinski definition) is 2. The molecular weight excluding hydrogens is 342 g/mol. The number of aromatic amines is 1. The summed E-state index contributed by atoms with van der Waals surface area (Å²) in [7, 11) is 0. The maximum absolute atomic E-state index is 12.7. The molecule has 0 aromatic carbocycles. The number of rotatable bonds is 2. The van der Waals surface area contributed by atoms with Crippen molar-refractivity contribution in [2.45, 2.75) is 37.8 Å². The first-order chi connectivity index (χ1) is 12.0. The first-order valence-electron chi connectivity index (χ1n) is 9.12. The first kappa shape index (κ1) is 17.1. The van der Waals surface area contributed by atoms with Crippen LogP contribution in [-0.4, -0.2) is 64.1 Å². The molecular formula is C18H24ClN3O3. The van der Waals surface area contributed by atoms with Crippen molar-refractivity contribution in [3.63, 3.8) is 0 Å². The highest BCUT2D eigenvalue weighted by molar-refractivity contribution is 6.30. The topological polar surface area (TPSA) is 76.6 Å². The fraction of sp³-hybridized carbons (Fsp3) is 0.667. The van der Waals surface area contributed by atoms with Gasteiger partial charge in [-0.2, -0.15) is 0 Å². The van der Waals surface area contributed by atoms with Gasteiger partial charge in [0.2, 0.25) is 0 Å². The molecule has 0 bridgehead atoms. The lowest BCUT2D eigenvalue weighted by molar-refractivity contribution is -0.000864. The van der Waals surface area contributed by atoms with Crippen molar-refractivity contribution in [1.82, 2.24) is 14.8 Å². The SMILES string of the molecule is O=C(c1c[nH]c(=O)c(Cl)c1)N1C[C@H]2C[C@@H](N3CCCC3)[C@H](O)C[C@H]2C1. The van der Waals surface area contributed by atoms with Gasteiger partial charge < -0.3 is 15.0 Å². The molecule has 0 spiro atoms. The van der Waals surface area contributed by atoms with Crippen LogP contribution in [0.2, 0.25) is 5.02 Å². The van der Waals surface area contributed by atoms with E-state index in [2.05, 4.69) is 9.88 Å². The molecule has 136 valence electrons. The lowest BCUT2D eigenvalue weighted by Gasteiger charge is -2.40. The van der Waals surface area contributed by atoms with E-state index < -0.39 is 0 Å². The minimum absolute atomic E-state index is 0.0342. The summed E-state index contributed by atoms with van der Waals surface area (Å²) in [6.45, 7) is 3.55. The minimum atomic E-state index is -0.384. The van der Waals surface area contributed by atoms with Crippen LogP contribution in [0.15, 0.2) is 17.1 Å². The van der Waals surface area contributed by atoms with E-state index in [-0.39, 0.29) is 28.6 Å². The van der Waals surface area contributed by atoms with Crippen molar-refractivity contribution >= 4 is 17.5 Å². The number of amides is 1. The van der Waals surface area contributed by atoms with Crippen LogP contribution in [0, 0.1) is 11.8 Å². The van der Waals surface area contributed by atoms with Crippen LogP contribution in [0.1, 0.15) is 36.0 Å². The molecule has 25 heavy (non-hydrogen) atoms. The number of nitrogens with zero attached hydrogens (tertiary/aromatic N) is 2. The van der Waals surface area contributed by atoms with Gasteiger partial charge in [-0.15, -0.1) is 0 Å². The zero-order valence-electron chi connectivity index (χ0n) is 14.2. The number of carbonyl (C=O) groups excluding carboxylic acids is 1. The minimum Gasteiger partial charge on any atom is -0.391 e. The maximum atomic E-state index is 12.7. The molecule has 0 radical (unpaired) electrons. The van der Waals surface area contributed by atoms with Crippen molar-refractivity contribution in [3.05, 3.63) is 33.2 Å². The molecule has 1 aromatic rings. The van der Waals surface area contributed by atoms with Gasteiger partial charge in [0, 0.05) is 25.3 Å². The molecule has 2 aliphatic heterocycles. The highest BCUT2D eigenvalue weighted by Gasteiger charge is 2.45. The van der Waals surface area contributed by atoms with Crippen LogP contribution in [0.25, 0.3) is 0 Å². The fourth-order valence-electron chi connectivity index (χ4n) is 4.80. The van der Waals surface area contributed by atoms with Gasteiger partial charge in [-0.05, 0) is 56.7 Å². The van der Waals surface area contributed by atoms with Crippen LogP contribution in [0.5, 0.6) is 0 Å². The molecule has 2 N–H and O–H groups in total. The Balaban J connectivity index is 1.46. The molecule has 3 fully saturated rings. The second-order valence-corrected chi connectivity index (χ2v) is 8.05. The molecule has 7 heteroatoms. The predicted molar refractivity (Wildman–Crippen MR) is 94.8 cm³/mol. The number of halogens is 1. The monoisotopic (exact) mass is 365 g/mol. The Morgan fingerprint density at radius 2 is 1.88 bits per heavy atom. The van der Waals surface area contributed by atoms with Crippen LogP contribution in [0.4, 0.5) is 0 Å². The molecule has 1 aliphatic carbocycles. The zero-order valence-corrected chi connectivity index (χ0v) is 14.9. The summed E-state index contributed by atoms with van der Waals surface area (Å²) in [6, 6.07) is 1.67. The van der Waals surface area contributed by atoms with Gasteiger partial charge in [-0.25, -0.2) is 0 Å². The molecule has 0 unspecified atom stereocenters. The van der Waals surface area contributed by atoms with Crippen LogP contribution >= 0.6 is 11.6 Å². The average molecular weight is 366 g/mol. The molecule has 1 saturated carbocycles. The van der Waals surface area contributed by atoms with Crippen molar-refractivity contribution in [2.75, 3.05) is 26.2 Å². The summed E-state index contributed by atoms with van der Waals surface area (Å²) < 4.78 is 0. The summed E-state index contributed by atoms with van der Waals surface area (Å²) in [5, 5.41) is 10.6. The van der Waals surface area contributed by atoms with Gasteiger partial charge in [0.1, 0.15) is 5.02 Å². The van der Waals surface area contributed by atoms with Crippen molar-refractivity contribution in [2.24, 2.45) is 11.8 Å². The third kappa shape index (κ3) is 3.23. The molecule has 4 rings (SSSR count). The number of nitrogens with one attached hydrogen (secondary N) is 1. The van der Waals surface area contributed by atoms with E-state index in [0.717, 1.165) is 32.5 Å². The number of aliphatic hydroxyl groups excluding tert-OH is 1. The number of pyridine rings is 1. The summed E-state index contributed by atoms with van der Waals surface area (Å²) in [4.78, 5) is 30.9. The summed E-state index contributed by atoms with van der Waals surface area (Å²) in [6.07, 6.45) is 5.30. The van der Waals surface area contributed by atoms with Crippen molar-refractivity contribution < 1.29 is 9.90 Å². The van der Waals surface area contributed by atoms with Crippen molar-refractivity contribution in [3.8, 4) is 0 Å². The zero-order chi connectivity index (χ0) is 17.6. The number of H-pyrrole nitrogens is 1. The van der Waals surface area contributed by atoms with E-state index in [4.69, 9.17) is 11.6 Å². The Morgan fingerprint density at radius 3 is 2.56 bits per heavy atom. The third-order valence-electron chi connectivity index (χ3n) is 6.11. The Bertz CT molecular complexity index is 716. The van der Waals surface area contributed by atoms with Crippen LogP contribution in [-0.2, 0) is 0 Å². The average Bonchev–Trinajstić information content (AvgIpc) is 3.25. The Hall–Kier alpha value is -1.37. The number of likely N-dealkylation sites (tertiary alicyclic amines) is 2. The molecule has 4 atom stereocenters. The fourth-order valence-corrected chi connectivity index (χ4v) is 4.97. The molecule has 3 aliphatic rings. The Kier molecular flexibility index (Phi) is 4.60. The van der Waals surface area contributed by atoms with E-state index in [9.17, 15) is 14.7 Å². The predicted octanol–water partition coefficient (Wildman–Crippen LogP) is 1.34. The first-order valence-corrected chi connectivity index (χ1v) is 9.50. The number of aliphatic hydroxyl groups is 1. The number of carbonyl (C=O) groups is 1. The highest BCUT2D eigenvalue weighted by Crippen LogP contribution is 2.39. The second-order valence-electron chi connectivity index (χ2n) is 7.64. The Morgan fingerprint density at radius 1 is 1.20 bits per heavy atom. The van der Waals surface area contributed by atoms with Gasteiger partial charge in [0.05, 0.1) is 11.7 Å². The van der Waals surface area contributed by atoms with E-state index in [1.807, 2.05) is 4.90 Å². The largest absolute Gasteiger partial charge is 0.391 e. The van der Waals surface area contributed by atoms with E-state index in [0.29, 0.717) is 23.9 Å². The summed E-state index contributed by atoms with van der Waals surface area (Å²) in [5.74, 6) is 0.701. The van der Waals surface area contributed by atoms with Gasteiger partial charge in [-0.3, -0.25) is 14.5 Å². The summed E-state index contributed by atoms with van der Waals surface area (Å²) in [5.41, 5.74) is 0.0322. The van der Waals surface area contributed by atoms with Gasteiger partial charge in [0.25, 0.3) is 11.5 Å². The normalized spacial score (nSPS) is 32.8. The second kappa shape index (κ2) is 6.74. The van der Waals surface area contributed by atoms with Crippen molar-refractivity contribution in [1.29, 1.82) is 0 Å². The van der Waals surface area contributed by atoms with Gasteiger partial charge in [-0.1, -0.05) is 11.6 Å². The van der Waals surface area contributed by atoms with Crippen LogP contribution in [0.3, 0.4) is 0 Å². The standard InChI is InChI=1S/C18H24ClN3O3/c19-14-5-11(8-20-17(14)24)18(25)22-9-12-6-15(21-3-1-2-4-21)16(23)7-13(12)10-22/h5,8,12-13,15-16,23H,1-4,6-7,9-10H2,(H,20,24)/t12-,13+,15-,16-/m1/s1. The third-order valence-corrected chi connectivity index (χ3v) is 6.39. The lowest BCUT2D eigenvalue weighted by atomic mass is 9.77. The quantitative estimate of drug-likeness (QED) is 0.829. The summed E-state index contributed by atoms with van der Waals surface area (Å²) >= 11 is 5.84. The lowest BCUT2D eigenvalue weighted by Crippen LogP contribution is -2.48. The molecule has 1 amide bonds. The maximum Gasteiger partial charge on any atom is 0.266 e. The van der Waals surface area contributed by atoms with E-state index in [1.54, 1.807) is 0 Å². The van der Waals surface area contributed by atoms with E-state index in [1.165, 1.54) is 25.1 Å². The highest BCUT2D eigenvalue weighted by atomic mass is 35.5. The molecule has 6 nitrogen and oxygen atoms in total.